The Bertz CT molecular complexity index is 4260. The molecule has 84 heavy (non-hydrogen) atoms. The topological polar surface area (TPSA) is 97.9 Å². The molecule has 13 rings (SSSR count). The number of allylic oxidation sites excluding steroid dienone is 4. The van der Waals surface area contributed by atoms with E-state index in [1.807, 2.05) is 52.2 Å². The van der Waals surface area contributed by atoms with Crippen molar-refractivity contribution in [3.63, 3.8) is 0 Å². The Hall–Kier alpha value is -6.51. The van der Waals surface area contributed by atoms with Crippen LogP contribution in [0.25, 0.3) is 56.0 Å². The second-order valence-electron chi connectivity index (χ2n) is 23.1. The number of carbonyl (C=O) groups is 2. The van der Waals surface area contributed by atoms with Crippen molar-refractivity contribution in [2.75, 3.05) is 0 Å². The van der Waals surface area contributed by atoms with Crippen LogP contribution in [0.1, 0.15) is 173 Å². The predicted molar refractivity (Wildman–Crippen MR) is 361 cm³/mol. The number of thiophene rings is 4. The number of nitrogens with two attached hydrogens (primary N) is 1. The molecule has 0 saturated carbocycles. The van der Waals surface area contributed by atoms with Gasteiger partial charge in [0.2, 0.25) is 5.71 Å². The molecule has 0 fully saturated rings. The number of thiol groups is 1. The SMILES string of the molecule is CCCCCCCCc1ccc(C2(c3ccc(C)cc3)c3cc(C4=CC=C(C=O)C(=NS)C4=[NH2+])sc3-c3sc4c5c(sc4c32)-c2sc(-c3ccc(C=O)c4nsnc34)cc2C5(c2ccc(C)cc2)c2ccc(CCCCCCCC)cc2)cc1. The first-order valence-corrected chi connectivity index (χ1v) is 34.2. The molecule has 0 aliphatic heterocycles. The Labute approximate surface area is 518 Å². The first-order valence-electron chi connectivity index (χ1n) is 29.8. The van der Waals surface area contributed by atoms with Crippen molar-refractivity contribution in [3.05, 3.63) is 216 Å². The molecule has 0 radical (unpaired) electrons. The minimum absolute atomic E-state index is 0.391. The van der Waals surface area contributed by atoms with Crippen LogP contribution in [0.5, 0.6) is 0 Å². The molecule has 0 spiro atoms. The van der Waals surface area contributed by atoms with E-state index < -0.39 is 10.8 Å². The summed E-state index contributed by atoms with van der Waals surface area (Å²) in [6.45, 7) is 8.92. The van der Waals surface area contributed by atoms with Crippen molar-refractivity contribution in [2.24, 2.45) is 4.40 Å². The molecule has 10 aromatic rings. The fourth-order valence-electron chi connectivity index (χ4n) is 13.6. The van der Waals surface area contributed by atoms with Crippen LogP contribution in [-0.2, 0) is 28.5 Å². The van der Waals surface area contributed by atoms with E-state index in [2.05, 4.69) is 165 Å². The summed E-state index contributed by atoms with van der Waals surface area (Å²) in [5, 5.41) is 7.03. The van der Waals surface area contributed by atoms with Gasteiger partial charge in [-0.15, -0.1) is 45.3 Å². The molecule has 422 valence electrons. The number of hydrogen-bond acceptors (Lipinski definition) is 11. The molecule has 3 aliphatic rings. The van der Waals surface area contributed by atoms with Gasteiger partial charge < -0.3 is 0 Å². The maximum atomic E-state index is 12.4. The fourth-order valence-corrected chi connectivity index (χ4v) is 20.3. The zero-order valence-electron chi connectivity index (χ0n) is 48.0. The van der Waals surface area contributed by atoms with Crippen LogP contribution in [0, 0.1) is 13.8 Å². The summed E-state index contributed by atoms with van der Waals surface area (Å²) in [4.78, 5) is 31.9. The van der Waals surface area contributed by atoms with Crippen molar-refractivity contribution in [1.82, 2.24) is 8.75 Å². The number of hydrogen-bond donors (Lipinski definition) is 2. The molecule has 2 atom stereocenters. The van der Waals surface area contributed by atoms with Gasteiger partial charge in [-0.3, -0.25) is 15.0 Å². The van der Waals surface area contributed by atoms with Crippen molar-refractivity contribution in [2.45, 2.75) is 128 Å². The normalized spacial score (nSPS) is 17.4. The van der Waals surface area contributed by atoms with Crippen LogP contribution >= 0.6 is 69.9 Å². The van der Waals surface area contributed by atoms with Gasteiger partial charge in [0.05, 0.1) is 57.0 Å². The summed E-state index contributed by atoms with van der Waals surface area (Å²) >= 11 is 13.0. The molecule has 5 heterocycles. The highest BCUT2D eigenvalue weighted by molar-refractivity contribution is 7.79. The van der Waals surface area contributed by atoms with Gasteiger partial charge in [-0.25, -0.2) is 4.40 Å². The summed E-state index contributed by atoms with van der Waals surface area (Å²) in [7, 11) is 0. The van der Waals surface area contributed by atoms with Gasteiger partial charge in [-0.1, -0.05) is 192 Å². The van der Waals surface area contributed by atoms with Gasteiger partial charge in [-0.05, 0) is 127 Å². The van der Waals surface area contributed by atoms with Crippen LogP contribution in [0.3, 0.4) is 0 Å². The predicted octanol–water partition coefficient (Wildman–Crippen LogP) is 18.7. The summed E-state index contributed by atoms with van der Waals surface area (Å²) in [5.74, 6) is 0. The number of benzene rings is 5. The van der Waals surface area contributed by atoms with Gasteiger partial charge >= 0.3 is 0 Å². The molecule has 2 N–H and O–H groups in total. The Balaban J connectivity index is 1.07. The van der Waals surface area contributed by atoms with E-state index in [-0.39, 0.29) is 0 Å². The smallest absolute Gasteiger partial charge is 0.232 e. The first-order chi connectivity index (χ1) is 41.2. The van der Waals surface area contributed by atoms with Gasteiger partial charge in [0.1, 0.15) is 11.0 Å². The number of fused-ring (bicyclic) bond motifs is 10. The average Bonchev–Trinajstić information content (AvgIpc) is 1.53. The lowest BCUT2D eigenvalue weighted by Gasteiger charge is -2.34. The highest BCUT2D eigenvalue weighted by Gasteiger charge is 2.55. The van der Waals surface area contributed by atoms with Crippen molar-refractivity contribution in [3.8, 4) is 29.9 Å². The molecular formula is C72H67N4O2S6+. The largest absolute Gasteiger partial charge is 0.298 e. The lowest BCUT2D eigenvalue weighted by Crippen LogP contribution is -2.47. The van der Waals surface area contributed by atoms with Gasteiger partial charge in [0.15, 0.2) is 18.3 Å². The Morgan fingerprint density at radius 3 is 1.48 bits per heavy atom. The van der Waals surface area contributed by atoms with Crippen LogP contribution in [-0.4, -0.2) is 32.7 Å². The maximum Gasteiger partial charge on any atom is 0.232 e. The van der Waals surface area contributed by atoms with E-state index >= 15 is 0 Å². The standard InChI is InChI=1S/C72H66N4O2S6/c1-5-7-9-11-13-15-17-45-23-33-51(34-24-45)71(49-29-19-43(3)20-30-49)55-39-57(53-37-27-47(41-77)62(74-79)61(53)73)80-65(55)67-59(71)69-70(82-67)60-68(83-69)66-56(40-58(81-66)54-38-28-48(42-78)63-64(54)76-84-75-63)72(60,50-31-21-44(4)22-32-50)52-35-25-46(26-36-52)18-16-14-12-10-8-6-2/h19-42,73,79H,5-18H2,1-4H3/p+1. The number of nitrogens with zero attached hydrogens (tertiary/aromatic N) is 3. The minimum atomic E-state index is -0.714. The molecule has 3 aliphatic carbocycles. The van der Waals surface area contributed by atoms with Crippen molar-refractivity contribution < 1.29 is 15.0 Å². The van der Waals surface area contributed by atoms with E-state index in [0.717, 1.165) is 63.5 Å². The van der Waals surface area contributed by atoms with Crippen LogP contribution in [0.2, 0.25) is 0 Å². The van der Waals surface area contributed by atoms with Gasteiger partial charge in [0, 0.05) is 37.6 Å². The number of aldehydes is 2. The third-order valence-corrected chi connectivity index (χ3v) is 23.9. The highest BCUT2D eigenvalue weighted by atomic mass is 32.1. The van der Waals surface area contributed by atoms with Crippen molar-refractivity contribution in [1.29, 1.82) is 0 Å². The summed E-state index contributed by atoms with van der Waals surface area (Å²) < 4.78 is 16.4. The third kappa shape index (κ3) is 9.36. The number of unbranched alkanes of at least 4 members (excludes halogenated alkanes) is 10. The highest BCUT2D eigenvalue weighted by Crippen LogP contribution is 2.70. The third-order valence-electron chi connectivity index (χ3n) is 17.9. The Morgan fingerprint density at radius 2 is 0.988 bits per heavy atom. The minimum Gasteiger partial charge on any atom is -0.298 e. The fraction of sp³-hybridized carbons (Fsp3) is 0.278. The van der Waals surface area contributed by atoms with Gasteiger partial charge in [0.25, 0.3) is 0 Å². The van der Waals surface area contributed by atoms with E-state index in [9.17, 15) is 9.59 Å². The summed E-state index contributed by atoms with van der Waals surface area (Å²) in [6, 6.07) is 46.7. The van der Waals surface area contributed by atoms with Gasteiger partial charge in [-0.2, -0.15) is 8.75 Å². The van der Waals surface area contributed by atoms with Crippen LogP contribution in [0.4, 0.5) is 0 Å². The molecule has 2 unspecified atom stereocenters. The average molecular weight is 1210 g/mol. The number of rotatable bonds is 22. The molecule has 5 aromatic heterocycles. The second-order valence-corrected chi connectivity index (χ2v) is 28.0. The monoisotopic (exact) mass is 1210 g/mol. The lowest BCUT2D eigenvalue weighted by atomic mass is 9.67. The lowest BCUT2D eigenvalue weighted by molar-refractivity contribution is -0.109. The quantitative estimate of drug-likeness (QED) is 0.0306. The molecule has 5 aromatic carbocycles. The molecule has 0 saturated heterocycles. The van der Waals surface area contributed by atoms with E-state index in [1.54, 1.807) is 11.3 Å². The molecule has 0 bridgehead atoms. The van der Waals surface area contributed by atoms with E-state index in [4.69, 9.17) is 9.78 Å². The molecule has 6 nitrogen and oxygen atoms in total. The summed E-state index contributed by atoms with van der Waals surface area (Å²) in [5.41, 5.74) is 18.9. The number of aromatic nitrogens is 2. The Kier molecular flexibility index (Phi) is 16.0. The second kappa shape index (κ2) is 23.7. The zero-order valence-corrected chi connectivity index (χ0v) is 53.0. The Morgan fingerprint density at radius 1 is 0.524 bits per heavy atom. The molecular weight excluding hydrogens is 1150 g/mol. The zero-order chi connectivity index (χ0) is 57.7. The van der Waals surface area contributed by atoms with Crippen LogP contribution < -0.4 is 5.41 Å². The van der Waals surface area contributed by atoms with Crippen LogP contribution in [0.15, 0.2) is 143 Å². The number of aryl methyl sites for hydroxylation is 4. The van der Waals surface area contributed by atoms with Crippen molar-refractivity contribution >= 4 is 120 Å². The molecule has 0 amide bonds. The number of carbonyl (C=O) groups excluding carboxylic acids is 2. The maximum absolute atomic E-state index is 12.4. The van der Waals surface area contributed by atoms with E-state index in [1.165, 1.54) is 173 Å². The van der Waals surface area contributed by atoms with E-state index in [0.29, 0.717) is 28.1 Å². The molecule has 12 heteroatoms. The summed E-state index contributed by atoms with van der Waals surface area (Å²) in [6.07, 6.45) is 22.7. The first kappa shape index (κ1) is 56.6.